The Morgan fingerprint density at radius 1 is 0.793 bits per heavy atom. The summed E-state index contributed by atoms with van der Waals surface area (Å²) in [5.74, 6) is 3.44. The van der Waals surface area contributed by atoms with Crippen LogP contribution in [0.25, 0.3) is 10.9 Å². The summed E-state index contributed by atoms with van der Waals surface area (Å²) in [4.78, 5) is 8.78. The maximum absolute atomic E-state index is 5.96. The van der Waals surface area contributed by atoms with Crippen molar-refractivity contribution in [1.29, 1.82) is 0 Å². The second-order valence-corrected chi connectivity index (χ2v) is 6.46. The minimum absolute atomic E-state index is 0.621. The first kappa shape index (κ1) is 18.6. The van der Waals surface area contributed by atoms with E-state index in [-0.39, 0.29) is 0 Å². The predicted octanol–water partition coefficient (Wildman–Crippen LogP) is 5.49. The molecule has 4 aromatic rings. The molecule has 0 spiro atoms. The summed E-state index contributed by atoms with van der Waals surface area (Å²) in [6.07, 6.45) is 1.52. The van der Waals surface area contributed by atoms with Crippen molar-refractivity contribution in [3.05, 3.63) is 72.6 Å². The van der Waals surface area contributed by atoms with Crippen molar-refractivity contribution >= 4 is 22.4 Å². The van der Waals surface area contributed by atoms with Crippen molar-refractivity contribution in [3.8, 4) is 23.0 Å². The molecule has 0 bridgehead atoms. The summed E-state index contributed by atoms with van der Waals surface area (Å²) in [5, 5.41) is 4.24. The third kappa shape index (κ3) is 3.91. The van der Waals surface area contributed by atoms with E-state index >= 15 is 0 Å². The molecule has 0 amide bonds. The number of anilines is 2. The van der Waals surface area contributed by atoms with E-state index in [0.29, 0.717) is 17.3 Å². The van der Waals surface area contributed by atoms with Crippen LogP contribution < -0.4 is 19.5 Å². The molecule has 29 heavy (non-hydrogen) atoms. The van der Waals surface area contributed by atoms with Gasteiger partial charge in [-0.15, -0.1) is 0 Å². The molecular formula is C23H21N3O3. The molecule has 4 rings (SSSR count). The lowest BCUT2D eigenvalue weighted by atomic mass is 10.1. The van der Waals surface area contributed by atoms with Crippen LogP contribution >= 0.6 is 0 Å². The average Bonchev–Trinajstić information content (AvgIpc) is 2.76. The van der Waals surface area contributed by atoms with Gasteiger partial charge in [0, 0.05) is 23.2 Å². The lowest BCUT2D eigenvalue weighted by molar-refractivity contribution is 0.356. The number of para-hydroxylation sites is 1. The van der Waals surface area contributed by atoms with Crippen LogP contribution in [-0.4, -0.2) is 24.2 Å². The van der Waals surface area contributed by atoms with Crippen LogP contribution in [0.2, 0.25) is 0 Å². The third-order valence-electron chi connectivity index (χ3n) is 4.58. The molecule has 0 radical (unpaired) electrons. The van der Waals surface area contributed by atoms with Gasteiger partial charge >= 0.3 is 0 Å². The van der Waals surface area contributed by atoms with Crippen LogP contribution in [0.15, 0.2) is 67.0 Å². The Labute approximate surface area is 169 Å². The van der Waals surface area contributed by atoms with Crippen molar-refractivity contribution in [2.24, 2.45) is 0 Å². The molecule has 0 atom stereocenters. The second-order valence-electron chi connectivity index (χ2n) is 6.46. The van der Waals surface area contributed by atoms with E-state index in [0.717, 1.165) is 33.7 Å². The Morgan fingerprint density at radius 2 is 1.55 bits per heavy atom. The monoisotopic (exact) mass is 387 g/mol. The van der Waals surface area contributed by atoms with Gasteiger partial charge in [-0.2, -0.15) is 0 Å². The van der Waals surface area contributed by atoms with Gasteiger partial charge in [0.2, 0.25) is 0 Å². The highest BCUT2D eigenvalue weighted by Crippen LogP contribution is 2.35. The summed E-state index contributed by atoms with van der Waals surface area (Å²) in [7, 11) is 3.21. The van der Waals surface area contributed by atoms with Gasteiger partial charge in [0.15, 0.2) is 11.5 Å². The molecule has 0 aliphatic carbocycles. The van der Waals surface area contributed by atoms with Crippen LogP contribution in [0.1, 0.15) is 5.56 Å². The van der Waals surface area contributed by atoms with E-state index in [1.807, 2.05) is 67.6 Å². The number of hydrogen-bond donors (Lipinski definition) is 1. The SMILES string of the molecule is COc1cc2ncnc(Nc3cc(Oc4ccccc4)ccc3C)c2cc1OC. The predicted molar refractivity (Wildman–Crippen MR) is 114 cm³/mol. The lowest BCUT2D eigenvalue weighted by Crippen LogP contribution is -1.99. The highest BCUT2D eigenvalue weighted by atomic mass is 16.5. The Hall–Kier alpha value is -3.80. The van der Waals surface area contributed by atoms with Gasteiger partial charge in [0.25, 0.3) is 0 Å². The zero-order valence-electron chi connectivity index (χ0n) is 16.5. The fraction of sp³-hybridized carbons (Fsp3) is 0.130. The maximum Gasteiger partial charge on any atom is 0.162 e. The molecular weight excluding hydrogens is 366 g/mol. The Kier molecular flexibility index (Phi) is 5.16. The molecule has 1 aromatic heterocycles. The fourth-order valence-corrected chi connectivity index (χ4v) is 3.03. The standard InChI is InChI=1S/C23H21N3O3/c1-15-9-10-17(29-16-7-5-4-6-8-16)11-19(15)26-23-18-12-21(27-2)22(28-3)13-20(18)24-14-25-23/h4-14H,1-3H3,(H,24,25,26). The number of benzene rings is 3. The average molecular weight is 387 g/mol. The number of aromatic nitrogens is 2. The molecule has 0 fully saturated rings. The number of aryl methyl sites for hydroxylation is 1. The number of nitrogens with zero attached hydrogens (tertiary/aromatic N) is 2. The van der Waals surface area contributed by atoms with Gasteiger partial charge < -0.3 is 19.5 Å². The van der Waals surface area contributed by atoms with E-state index in [2.05, 4.69) is 15.3 Å². The number of methoxy groups -OCH3 is 2. The third-order valence-corrected chi connectivity index (χ3v) is 4.58. The Balaban J connectivity index is 1.70. The molecule has 6 nitrogen and oxygen atoms in total. The van der Waals surface area contributed by atoms with Gasteiger partial charge in [-0.05, 0) is 36.8 Å². The number of fused-ring (bicyclic) bond motifs is 1. The van der Waals surface area contributed by atoms with Crippen LogP contribution in [0.5, 0.6) is 23.0 Å². The Bertz CT molecular complexity index is 1150. The minimum Gasteiger partial charge on any atom is -0.493 e. The van der Waals surface area contributed by atoms with E-state index in [1.54, 1.807) is 14.2 Å². The van der Waals surface area contributed by atoms with Gasteiger partial charge in [0.1, 0.15) is 23.6 Å². The maximum atomic E-state index is 5.96. The van der Waals surface area contributed by atoms with Crippen molar-refractivity contribution in [3.63, 3.8) is 0 Å². The molecule has 0 saturated carbocycles. The topological polar surface area (TPSA) is 65.5 Å². The Morgan fingerprint density at radius 3 is 2.31 bits per heavy atom. The van der Waals surface area contributed by atoms with Crippen molar-refractivity contribution in [1.82, 2.24) is 9.97 Å². The zero-order valence-corrected chi connectivity index (χ0v) is 16.5. The van der Waals surface area contributed by atoms with E-state index in [4.69, 9.17) is 14.2 Å². The van der Waals surface area contributed by atoms with Gasteiger partial charge in [-0.1, -0.05) is 24.3 Å². The lowest BCUT2D eigenvalue weighted by Gasteiger charge is -2.14. The van der Waals surface area contributed by atoms with Crippen LogP contribution in [0, 0.1) is 6.92 Å². The summed E-state index contributed by atoms with van der Waals surface area (Å²) in [5.41, 5.74) is 2.72. The molecule has 1 N–H and O–H groups in total. The largest absolute Gasteiger partial charge is 0.493 e. The fourth-order valence-electron chi connectivity index (χ4n) is 3.03. The summed E-state index contributed by atoms with van der Waals surface area (Å²) in [6, 6.07) is 19.3. The molecule has 0 saturated heterocycles. The van der Waals surface area contributed by atoms with Crippen molar-refractivity contribution in [2.45, 2.75) is 6.92 Å². The molecule has 6 heteroatoms. The molecule has 146 valence electrons. The smallest absolute Gasteiger partial charge is 0.162 e. The van der Waals surface area contributed by atoms with E-state index in [9.17, 15) is 0 Å². The number of hydrogen-bond acceptors (Lipinski definition) is 6. The second kappa shape index (κ2) is 8.06. The minimum atomic E-state index is 0.621. The quantitative estimate of drug-likeness (QED) is 0.472. The van der Waals surface area contributed by atoms with Crippen LogP contribution in [0.3, 0.4) is 0 Å². The summed E-state index contributed by atoms with van der Waals surface area (Å²) >= 11 is 0. The van der Waals surface area contributed by atoms with Crippen molar-refractivity contribution < 1.29 is 14.2 Å². The van der Waals surface area contributed by atoms with E-state index < -0.39 is 0 Å². The first-order valence-corrected chi connectivity index (χ1v) is 9.15. The number of nitrogens with one attached hydrogen (secondary N) is 1. The molecule has 0 unspecified atom stereocenters. The zero-order chi connectivity index (χ0) is 20.2. The van der Waals surface area contributed by atoms with Gasteiger partial charge in [-0.25, -0.2) is 9.97 Å². The van der Waals surface area contributed by atoms with Crippen LogP contribution in [-0.2, 0) is 0 Å². The number of ether oxygens (including phenoxy) is 3. The first-order chi connectivity index (χ1) is 14.2. The van der Waals surface area contributed by atoms with Crippen LogP contribution in [0.4, 0.5) is 11.5 Å². The van der Waals surface area contributed by atoms with Gasteiger partial charge in [-0.3, -0.25) is 0 Å². The summed E-state index contributed by atoms with van der Waals surface area (Å²) < 4.78 is 16.8. The van der Waals surface area contributed by atoms with E-state index in [1.165, 1.54) is 6.33 Å². The van der Waals surface area contributed by atoms with Gasteiger partial charge in [0.05, 0.1) is 19.7 Å². The normalized spacial score (nSPS) is 10.6. The highest BCUT2D eigenvalue weighted by Gasteiger charge is 2.12. The molecule has 3 aromatic carbocycles. The molecule has 0 aliphatic heterocycles. The highest BCUT2D eigenvalue weighted by molar-refractivity contribution is 5.93. The van der Waals surface area contributed by atoms with Crippen molar-refractivity contribution in [2.75, 3.05) is 19.5 Å². The summed E-state index contributed by atoms with van der Waals surface area (Å²) in [6.45, 7) is 2.03. The number of rotatable bonds is 6. The first-order valence-electron chi connectivity index (χ1n) is 9.15. The molecule has 1 heterocycles. The molecule has 0 aliphatic rings.